The van der Waals surface area contributed by atoms with Crippen LogP contribution in [0.1, 0.15) is 41.3 Å². The van der Waals surface area contributed by atoms with Crippen molar-refractivity contribution < 1.29 is 14.3 Å². The number of rotatable bonds is 5. The van der Waals surface area contributed by atoms with E-state index in [0.29, 0.717) is 25.3 Å². The van der Waals surface area contributed by atoms with E-state index in [9.17, 15) is 9.59 Å². The lowest BCUT2D eigenvalue weighted by Crippen LogP contribution is -2.49. The van der Waals surface area contributed by atoms with E-state index in [1.165, 1.54) is 6.92 Å². The molecule has 2 amide bonds. The third kappa shape index (κ3) is 4.96. The Morgan fingerprint density at radius 3 is 2.44 bits per heavy atom. The van der Waals surface area contributed by atoms with Crippen LogP contribution in [0.3, 0.4) is 0 Å². The number of carbonyl (C=O) groups is 2. The summed E-state index contributed by atoms with van der Waals surface area (Å²) < 4.78 is 6.52. The van der Waals surface area contributed by atoms with Crippen LogP contribution in [0.25, 0.3) is 0 Å². The van der Waals surface area contributed by atoms with Crippen LogP contribution in [0.15, 0.2) is 53.0 Å². The van der Waals surface area contributed by atoms with Gasteiger partial charge in [-0.25, -0.2) is 0 Å². The molecule has 5 nitrogen and oxygen atoms in total. The van der Waals surface area contributed by atoms with Crippen LogP contribution in [-0.4, -0.2) is 25.0 Å². The maximum Gasteiger partial charge on any atom is 0.251 e. The second kappa shape index (κ2) is 8.67. The van der Waals surface area contributed by atoms with Crippen molar-refractivity contribution in [2.24, 2.45) is 0 Å². The molecule has 1 heterocycles. The Kier molecular flexibility index (Phi) is 6.29. The number of ether oxygens (including phenoxy) is 1. The first kappa shape index (κ1) is 19.6. The Labute approximate surface area is 167 Å². The number of hydrogen-bond acceptors (Lipinski definition) is 3. The average molecular weight is 431 g/mol. The molecule has 1 fully saturated rings. The molecule has 0 radical (unpaired) electrons. The third-order valence-corrected chi connectivity index (χ3v) is 5.33. The molecule has 142 valence electrons. The highest BCUT2D eigenvalue weighted by Crippen LogP contribution is 2.33. The molecule has 1 aliphatic heterocycles. The fraction of sp³-hybridized carbons (Fsp3) is 0.333. The maximum absolute atomic E-state index is 12.9. The molecule has 2 aromatic carbocycles. The van der Waals surface area contributed by atoms with Crippen molar-refractivity contribution in [2.45, 2.75) is 31.8 Å². The molecule has 6 heteroatoms. The highest BCUT2D eigenvalue weighted by Gasteiger charge is 2.36. The van der Waals surface area contributed by atoms with Gasteiger partial charge in [0.2, 0.25) is 5.91 Å². The second-order valence-electron chi connectivity index (χ2n) is 6.77. The van der Waals surface area contributed by atoms with Crippen molar-refractivity contribution in [3.05, 3.63) is 69.7 Å². The predicted molar refractivity (Wildman–Crippen MR) is 107 cm³/mol. The van der Waals surface area contributed by atoms with Gasteiger partial charge in [-0.1, -0.05) is 40.2 Å². The summed E-state index contributed by atoms with van der Waals surface area (Å²) in [6.45, 7) is 3.17. The molecule has 2 N–H and O–H groups in total. The van der Waals surface area contributed by atoms with E-state index in [0.717, 1.165) is 28.4 Å². The molecule has 0 saturated carbocycles. The van der Waals surface area contributed by atoms with Crippen molar-refractivity contribution in [2.75, 3.05) is 13.2 Å². The van der Waals surface area contributed by atoms with Gasteiger partial charge in [-0.05, 0) is 48.2 Å². The topological polar surface area (TPSA) is 67.4 Å². The zero-order chi connectivity index (χ0) is 19.3. The molecule has 1 aliphatic rings. The van der Waals surface area contributed by atoms with E-state index in [4.69, 9.17) is 4.74 Å². The molecule has 0 aromatic heterocycles. The van der Waals surface area contributed by atoms with Crippen LogP contribution in [0.2, 0.25) is 0 Å². The Hall–Kier alpha value is -2.18. The molecule has 3 rings (SSSR count). The molecular formula is C21H23BrN2O3. The van der Waals surface area contributed by atoms with Crippen LogP contribution in [0, 0.1) is 0 Å². The SMILES string of the molecule is CC(=O)NCc1ccc(C(=O)NC2(c3cccc(Br)c3)CCOCC2)cc1. The van der Waals surface area contributed by atoms with Crippen LogP contribution in [0.5, 0.6) is 0 Å². The highest BCUT2D eigenvalue weighted by atomic mass is 79.9. The van der Waals surface area contributed by atoms with Crippen LogP contribution in [0.4, 0.5) is 0 Å². The van der Waals surface area contributed by atoms with E-state index in [1.54, 1.807) is 12.1 Å². The summed E-state index contributed by atoms with van der Waals surface area (Å²) in [5.74, 6) is -0.185. The van der Waals surface area contributed by atoms with Crippen molar-refractivity contribution >= 4 is 27.7 Å². The molecule has 0 atom stereocenters. The average Bonchev–Trinajstić information content (AvgIpc) is 2.67. The van der Waals surface area contributed by atoms with Gasteiger partial charge in [0.1, 0.15) is 0 Å². The van der Waals surface area contributed by atoms with E-state index in [2.05, 4.69) is 32.6 Å². The number of halogens is 1. The lowest BCUT2D eigenvalue weighted by Gasteiger charge is -2.38. The van der Waals surface area contributed by atoms with E-state index in [-0.39, 0.29) is 11.8 Å². The Bertz CT molecular complexity index is 814. The molecule has 0 bridgehead atoms. The number of nitrogens with one attached hydrogen (secondary N) is 2. The standard InChI is InChI=1S/C21H23BrN2O3/c1-15(25)23-14-16-5-7-17(8-6-16)20(26)24-21(9-11-27-12-10-21)18-3-2-4-19(22)13-18/h2-8,13H,9-12,14H2,1H3,(H,23,25)(H,24,26). The summed E-state index contributed by atoms with van der Waals surface area (Å²) in [4.78, 5) is 23.9. The zero-order valence-corrected chi connectivity index (χ0v) is 16.8. The van der Waals surface area contributed by atoms with Crippen molar-refractivity contribution in [1.82, 2.24) is 10.6 Å². The highest BCUT2D eigenvalue weighted by molar-refractivity contribution is 9.10. The molecule has 0 aliphatic carbocycles. The first-order chi connectivity index (χ1) is 13.0. The number of carbonyl (C=O) groups excluding carboxylic acids is 2. The quantitative estimate of drug-likeness (QED) is 0.762. The Balaban J connectivity index is 1.77. The largest absolute Gasteiger partial charge is 0.381 e. The number of amides is 2. The first-order valence-corrected chi connectivity index (χ1v) is 9.77. The van der Waals surface area contributed by atoms with Gasteiger partial charge >= 0.3 is 0 Å². The van der Waals surface area contributed by atoms with Gasteiger partial charge in [0.05, 0.1) is 5.54 Å². The summed E-state index contributed by atoms with van der Waals surface area (Å²) in [7, 11) is 0. The maximum atomic E-state index is 12.9. The predicted octanol–water partition coefficient (Wildman–Crippen LogP) is 3.52. The van der Waals surface area contributed by atoms with Crippen molar-refractivity contribution in [1.29, 1.82) is 0 Å². The molecule has 0 unspecified atom stereocenters. The normalized spacial score (nSPS) is 15.8. The van der Waals surface area contributed by atoms with Crippen LogP contribution in [-0.2, 0) is 21.6 Å². The molecular weight excluding hydrogens is 408 g/mol. The minimum Gasteiger partial charge on any atom is -0.381 e. The fourth-order valence-electron chi connectivity index (χ4n) is 3.28. The smallest absolute Gasteiger partial charge is 0.251 e. The van der Waals surface area contributed by atoms with Gasteiger partial charge in [0.15, 0.2) is 0 Å². The van der Waals surface area contributed by atoms with Gasteiger partial charge in [-0.2, -0.15) is 0 Å². The van der Waals surface area contributed by atoms with Gasteiger partial charge in [-0.3, -0.25) is 9.59 Å². The zero-order valence-electron chi connectivity index (χ0n) is 15.3. The minimum absolute atomic E-state index is 0.0766. The summed E-state index contributed by atoms with van der Waals surface area (Å²) >= 11 is 3.52. The monoisotopic (exact) mass is 430 g/mol. The molecule has 1 saturated heterocycles. The van der Waals surface area contributed by atoms with E-state index < -0.39 is 5.54 Å². The lowest BCUT2D eigenvalue weighted by atomic mass is 9.82. The minimum atomic E-state index is -0.437. The van der Waals surface area contributed by atoms with Crippen molar-refractivity contribution in [3.63, 3.8) is 0 Å². The molecule has 2 aromatic rings. The van der Waals surface area contributed by atoms with Gasteiger partial charge < -0.3 is 15.4 Å². The third-order valence-electron chi connectivity index (χ3n) is 4.83. The summed E-state index contributed by atoms with van der Waals surface area (Å²) in [6.07, 6.45) is 1.46. The molecule has 27 heavy (non-hydrogen) atoms. The van der Waals surface area contributed by atoms with Gasteiger partial charge in [0, 0.05) is 36.7 Å². The number of benzene rings is 2. The number of hydrogen-bond donors (Lipinski definition) is 2. The van der Waals surface area contributed by atoms with Crippen molar-refractivity contribution in [3.8, 4) is 0 Å². The van der Waals surface area contributed by atoms with Crippen LogP contribution < -0.4 is 10.6 Å². The fourth-order valence-corrected chi connectivity index (χ4v) is 3.68. The molecule has 0 spiro atoms. The lowest BCUT2D eigenvalue weighted by molar-refractivity contribution is -0.119. The van der Waals surface area contributed by atoms with Gasteiger partial charge in [0.25, 0.3) is 5.91 Å². The van der Waals surface area contributed by atoms with Gasteiger partial charge in [-0.15, -0.1) is 0 Å². The summed E-state index contributed by atoms with van der Waals surface area (Å²) in [5, 5.41) is 6.00. The van der Waals surface area contributed by atoms with Crippen LogP contribution >= 0.6 is 15.9 Å². The van der Waals surface area contributed by atoms with E-state index >= 15 is 0 Å². The second-order valence-corrected chi connectivity index (χ2v) is 7.68. The summed E-state index contributed by atoms with van der Waals surface area (Å²) in [5.41, 5.74) is 2.20. The summed E-state index contributed by atoms with van der Waals surface area (Å²) in [6, 6.07) is 15.4. The first-order valence-electron chi connectivity index (χ1n) is 8.98. The Morgan fingerprint density at radius 1 is 1.11 bits per heavy atom. The van der Waals surface area contributed by atoms with E-state index in [1.807, 2.05) is 30.3 Å². The Morgan fingerprint density at radius 2 is 1.81 bits per heavy atom.